The lowest BCUT2D eigenvalue weighted by atomic mass is 10.1. The SMILES string of the molecule is CCC(O)C(=O)c1c(Br)cnn1CCOC. The number of aliphatic hydroxyl groups excluding tert-OH is 1. The van der Waals surface area contributed by atoms with Gasteiger partial charge in [-0.3, -0.25) is 9.48 Å². The Morgan fingerprint density at radius 1 is 1.75 bits per heavy atom. The number of halogens is 1. The molecule has 1 aromatic rings. The highest BCUT2D eigenvalue weighted by Gasteiger charge is 2.22. The summed E-state index contributed by atoms with van der Waals surface area (Å²) in [6, 6.07) is 0. The normalized spacial score (nSPS) is 12.8. The summed E-state index contributed by atoms with van der Waals surface area (Å²) in [5.41, 5.74) is 0.395. The Bertz CT molecular complexity index is 365. The maximum Gasteiger partial charge on any atom is 0.210 e. The van der Waals surface area contributed by atoms with E-state index in [1.54, 1.807) is 20.2 Å². The van der Waals surface area contributed by atoms with Crippen LogP contribution in [0.4, 0.5) is 0 Å². The van der Waals surface area contributed by atoms with Gasteiger partial charge in [0.2, 0.25) is 5.78 Å². The quantitative estimate of drug-likeness (QED) is 0.801. The number of aliphatic hydroxyl groups is 1. The van der Waals surface area contributed by atoms with Crippen molar-refractivity contribution in [3.8, 4) is 0 Å². The van der Waals surface area contributed by atoms with Crippen molar-refractivity contribution in [1.82, 2.24) is 9.78 Å². The Morgan fingerprint density at radius 3 is 3.00 bits per heavy atom. The summed E-state index contributed by atoms with van der Waals surface area (Å²) in [6.45, 7) is 2.71. The number of carbonyl (C=O) groups excluding carboxylic acids is 1. The number of hydrogen-bond acceptors (Lipinski definition) is 4. The first-order chi connectivity index (χ1) is 7.61. The molecule has 1 aromatic heterocycles. The van der Waals surface area contributed by atoms with Crippen LogP contribution in [0.5, 0.6) is 0 Å². The van der Waals surface area contributed by atoms with Crippen LogP contribution >= 0.6 is 15.9 Å². The second-order valence-corrected chi connectivity index (χ2v) is 4.20. The Hall–Kier alpha value is -0.720. The average Bonchev–Trinajstić information content (AvgIpc) is 2.65. The van der Waals surface area contributed by atoms with Gasteiger partial charge in [-0.25, -0.2) is 0 Å². The lowest BCUT2D eigenvalue weighted by Crippen LogP contribution is -2.24. The van der Waals surface area contributed by atoms with Crippen molar-refractivity contribution < 1.29 is 14.6 Å². The molecule has 0 aromatic carbocycles. The molecule has 0 aliphatic carbocycles. The fourth-order valence-electron chi connectivity index (χ4n) is 1.30. The van der Waals surface area contributed by atoms with Crippen molar-refractivity contribution in [2.24, 2.45) is 0 Å². The highest BCUT2D eigenvalue weighted by atomic mass is 79.9. The van der Waals surface area contributed by atoms with E-state index in [2.05, 4.69) is 21.0 Å². The van der Waals surface area contributed by atoms with E-state index < -0.39 is 6.10 Å². The Kier molecular flexibility index (Phi) is 5.11. The van der Waals surface area contributed by atoms with Gasteiger partial charge in [0, 0.05) is 7.11 Å². The van der Waals surface area contributed by atoms with Crippen LogP contribution in [0.1, 0.15) is 23.8 Å². The van der Waals surface area contributed by atoms with E-state index in [4.69, 9.17) is 4.74 Å². The fourth-order valence-corrected chi connectivity index (χ4v) is 1.79. The van der Waals surface area contributed by atoms with E-state index in [0.717, 1.165) is 0 Å². The molecule has 1 N–H and O–H groups in total. The van der Waals surface area contributed by atoms with E-state index in [1.165, 1.54) is 4.68 Å². The minimum absolute atomic E-state index is 0.317. The van der Waals surface area contributed by atoms with Gasteiger partial charge in [-0.15, -0.1) is 0 Å². The number of ether oxygens (including phenoxy) is 1. The summed E-state index contributed by atoms with van der Waals surface area (Å²) in [5, 5.41) is 13.6. The second-order valence-electron chi connectivity index (χ2n) is 3.35. The first-order valence-corrected chi connectivity index (χ1v) is 5.83. The standard InChI is InChI=1S/C10H15BrN2O3/c1-3-8(14)10(15)9-7(11)6-12-13(9)4-5-16-2/h6,8,14H,3-5H2,1-2H3. The zero-order valence-corrected chi connectivity index (χ0v) is 10.9. The molecule has 1 atom stereocenters. The first-order valence-electron chi connectivity index (χ1n) is 5.04. The number of aromatic nitrogens is 2. The van der Waals surface area contributed by atoms with Crippen LogP contribution in [-0.2, 0) is 11.3 Å². The van der Waals surface area contributed by atoms with Gasteiger partial charge in [-0.2, -0.15) is 5.10 Å². The van der Waals surface area contributed by atoms with Crippen LogP contribution in [0.3, 0.4) is 0 Å². The molecule has 1 unspecified atom stereocenters. The highest BCUT2D eigenvalue weighted by molar-refractivity contribution is 9.10. The van der Waals surface area contributed by atoms with E-state index >= 15 is 0 Å². The van der Waals surface area contributed by atoms with Gasteiger partial charge in [0.05, 0.1) is 23.8 Å². The minimum Gasteiger partial charge on any atom is -0.385 e. The third-order valence-electron chi connectivity index (χ3n) is 2.22. The molecule has 0 fully saturated rings. The number of Topliss-reactive ketones (excluding diaryl/α,β-unsaturated/α-hetero) is 1. The molecule has 16 heavy (non-hydrogen) atoms. The molecule has 0 saturated heterocycles. The molecule has 0 radical (unpaired) electrons. The van der Waals surface area contributed by atoms with Crippen LogP contribution in [0.15, 0.2) is 10.7 Å². The third kappa shape index (κ3) is 2.90. The summed E-state index contributed by atoms with van der Waals surface area (Å²) in [6.07, 6.45) is 0.959. The van der Waals surface area contributed by atoms with Crippen LogP contribution in [0.2, 0.25) is 0 Å². The summed E-state index contributed by atoms with van der Waals surface area (Å²) >= 11 is 3.25. The Balaban J connectivity index is 2.92. The smallest absolute Gasteiger partial charge is 0.210 e. The Morgan fingerprint density at radius 2 is 2.44 bits per heavy atom. The molecule has 0 aliphatic rings. The van der Waals surface area contributed by atoms with Crippen LogP contribution in [0, 0.1) is 0 Å². The van der Waals surface area contributed by atoms with E-state index in [9.17, 15) is 9.90 Å². The lowest BCUT2D eigenvalue weighted by molar-refractivity contribution is 0.0725. The van der Waals surface area contributed by atoms with Gasteiger partial charge in [-0.05, 0) is 22.4 Å². The van der Waals surface area contributed by atoms with Crippen LogP contribution in [-0.4, -0.2) is 40.5 Å². The molecule has 5 nitrogen and oxygen atoms in total. The molecule has 0 saturated carbocycles. The lowest BCUT2D eigenvalue weighted by Gasteiger charge is -2.10. The van der Waals surface area contributed by atoms with Crippen LogP contribution in [0.25, 0.3) is 0 Å². The van der Waals surface area contributed by atoms with E-state index in [0.29, 0.717) is 29.7 Å². The molecular formula is C10H15BrN2O3. The van der Waals surface area contributed by atoms with Crippen LogP contribution < -0.4 is 0 Å². The summed E-state index contributed by atoms with van der Waals surface area (Å²) in [7, 11) is 1.58. The zero-order valence-electron chi connectivity index (χ0n) is 9.31. The predicted octanol–water partition coefficient (Wildman–Crippen LogP) is 1.25. The largest absolute Gasteiger partial charge is 0.385 e. The molecule has 1 heterocycles. The second kappa shape index (κ2) is 6.12. The van der Waals surface area contributed by atoms with Gasteiger partial charge in [0.1, 0.15) is 11.8 Å². The predicted molar refractivity (Wildman–Crippen MR) is 62.4 cm³/mol. The fraction of sp³-hybridized carbons (Fsp3) is 0.600. The molecule has 6 heteroatoms. The van der Waals surface area contributed by atoms with Gasteiger partial charge in [0.15, 0.2) is 0 Å². The van der Waals surface area contributed by atoms with Gasteiger partial charge < -0.3 is 9.84 Å². The average molecular weight is 291 g/mol. The highest BCUT2D eigenvalue weighted by Crippen LogP contribution is 2.18. The first kappa shape index (κ1) is 13.3. The zero-order chi connectivity index (χ0) is 12.1. The topological polar surface area (TPSA) is 64.3 Å². The van der Waals surface area contributed by atoms with E-state index in [1.807, 2.05) is 0 Å². The summed E-state index contributed by atoms with van der Waals surface area (Å²) in [5.74, 6) is -0.317. The van der Waals surface area contributed by atoms with Gasteiger partial charge in [0.25, 0.3) is 0 Å². The van der Waals surface area contributed by atoms with Crippen molar-refractivity contribution >= 4 is 21.7 Å². The monoisotopic (exact) mass is 290 g/mol. The van der Waals surface area contributed by atoms with Gasteiger partial charge in [-0.1, -0.05) is 6.92 Å². The maximum atomic E-state index is 11.9. The van der Waals surface area contributed by atoms with Crippen molar-refractivity contribution in [3.63, 3.8) is 0 Å². The number of hydrogen-bond donors (Lipinski definition) is 1. The third-order valence-corrected chi connectivity index (χ3v) is 2.81. The number of methoxy groups -OCH3 is 1. The van der Waals surface area contributed by atoms with Crippen molar-refractivity contribution in [1.29, 1.82) is 0 Å². The van der Waals surface area contributed by atoms with E-state index in [-0.39, 0.29) is 5.78 Å². The van der Waals surface area contributed by atoms with Crippen molar-refractivity contribution in [2.75, 3.05) is 13.7 Å². The molecule has 90 valence electrons. The molecule has 0 spiro atoms. The van der Waals surface area contributed by atoms with Crippen molar-refractivity contribution in [3.05, 3.63) is 16.4 Å². The maximum absolute atomic E-state index is 11.9. The molecule has 1 rings (SSSR count). The minimum atomic E-state index is -0.978. The molecule has 0 bridgehead atoms. The van der Waals surface area contributed by atoms with Crippen molar-refractivity contribution in [2.45, 2.75) is 26.0 Å². The molecule has 0 aliphatic heterocycles. The van der Waals surface area contributed by atoms with Gasteiger partial charge >= 0.3 is 0 Å². The molecule has 0 amide bonds. The number of ketones is 1. The summed E-state index contributed by atoms with van der Waals surface area (Å²) in [4.78, 5) is 11.9. The Labute approximate surface area is 103 Å². The summed E-state index contributed by atoms with van der Waals surface area (Å²) < 4.78 is 7.06. The number of nitrogens with zero attached hydrogens (tertiary/aromatic N) is 2. The number of carbonyl (C=O) groups is 1. The number of rotatable bonds is 6. The molecular weight excluding hydrogens is 276 g/mol.